The van der Waals surface area contributed by atoms with Crippen molar-refractivity contribution in [2.75, 3.05) is 21.3 Å². The average molecular weight is 813 g/mol. The van der Waals surface area contributed by atoms with E-state index in [2.05, 4.69) is 17.9 Å². The molecule has 3 saturated heterocycles. The average Bonchev–Trinajstić information content (AvgIpc) is 3.69. The lowest BCUT2D eigenvalue weighted by Gasteiger charge is -2.48. The first-order valence-electron chi connectivity index (χ1n) is 21.0. The lowest BCUT2D eigenvalue weighted by molar-refractivity contribution is -0.314. The molecule has 0 saturated carbocycles. The molecule has 58 heavy (non-hydrogen) atoms. The number of esters is 1. The number of allylic oxidation sites excluding steroid dienone is 1. The van der Waals surface area contributed by atoms with Crippen LogP contribution in [0.4, 0.5) is 0 Å². The van der Waals surface area contributed by atoms with E-state index in [9.17, 15) is 9.90 Å². The van der Waals surface area contributed by atoms with Crippen molar-refractivity contribution in [3.05, 3.63) is 58.9 Å². The number of aliphatic hydroxyl groups excluding tert-OH is 1. The molecule has 5 aliphatic heterocycles. The summed E-state index contributed by atoms with van der Waals surface area (Å²) >= 11 is 0. The van der Waals surface area contributed by atoms with Crippen LogP contribution in [0.3, 0.4) is 0 Å². The summed E-state index contributed by atoms with van der Waals surface area (Å²) in [5.41, 5.74) is 0.170. The van der Waals surface area contributed by atoms with Crippen LogP contribution in [-0.2, 0) is 54.0 Å². The Labute approximate surface area is 345 Å². The molecule has 1 aromatic carbocycles. The molecule has 5 aliphatic rings. The highest BCUT2D eigenvalue weighted by Crippen LogP contribution is 2.45. The van der Waals surface area contributed by atoms with Gasteiger partial charge in [0.15, 0.2) is 24.3 Å². The van der Waals surface area contributed by atoms with Crippen LogP contribution in [-0.4, -0.2) is 121 Å². The number of rotatable bonds is 9. The van der Waals surface area contributed by atoms with Gasteiger partial charge in [-0.3, -0.25) is 4.79 Å². The molecule has 324 valence electrons. The van der Waals surface area contributed by atoms with Crippen LogP contribution in [0.5, 0.6) is 0 Å². The van der Waals surface area contributed by atoms with Crippen LogP contribution in [0.15, 0.2) is 58.3 Å². The third-order valence-corrected chi connectivity index (χ3v) is 13.3. The number of ether oxygens (including phenoxy) is 9. The molecule has 6 rings (SSSR count). The van der Waals surface area contributed by atoms with Gasteiger partial charge in [-0.05, 0) is 91.0 Å². The van der Waals surface area contributed by atoms with Gasteiger partial charge >= 0.3 is 5.97 Å². The van der Waals surface area contributed by atoms with Gasteiger partial charge in [0.1, 0.15) is 18.0 Å². The summed E-state index contributed by atoms with van der Waals surface area (Å²) in [5.74, 6) is -1.02. The largest absolute Gasteiger partial charge is 0.479 e. The number of likely N-dealkylation sites (N-methyl/N-ethyl adjacent to an activating group) is 1. The fourth-order valence-corrected chi connectivity index (χ4v) is 9.78. The van der Waals surface area contributed by atoms with Gasteiger partial charge in [-0.1, -0.05) is 44.2 Å². The van der Waals surface area contributed by atoms with Crippen molar-refractivity contribution < 1.29 is 52.5 Å². The van der Waals surface area contributed by atoms with Crippen LogP contribution < -0.4 is 0 Å². The van der Waals surface area contributed by atoms with Gasteiger partial charge < -0.3 is 52.6 Å². The molecule has 0 radical (unpaired) electrons. The first-order valence-corrected chi connectivity index (χ1v) is 21.0. The van der Waals surface area contributed by atoms with Crippen molar-refractivity contribution in [1.82, 2.24) is 4.90 Å². The smallest absolute Gasteiger partial charge is 0.311 e. The van der Waals surface area contributed by atoms with Gasteiger partial charge in [-0.2, -0.15) is 0 Å². The van der Waals surface area contributed by atoms with Crippen molar-refractivity contribution in [2.24, 2.45) is 16.8 Å². The Morgan fingerprint density at radius 2 is 1.66 bits per heavy atom. The van der Waals surface area contributed by atoms with E-state index in [1.54, 1.807) is 21.1 Å². The molecule has 0 spiro atoms. The monoisotopic (exact) mass is 812 g/mol. The van der Waals surface area contributed by atoms with Crippen molar-refractivity contribution in [3.8, 4) is 0 Å². The predicted molar refractivity (Wildman–Crippen MR) is 218 cm³/mol. The molecule has 0 amide bonds. The Hall–Kier alpha value is -3.04. The molecule has 3 fully saturated rings. The molecular formula is C45H68N2O11. The second-order valence-electron chi connectivity index (χ2n) is 17.9. The van der Waals surface area contributed by atoms with E-state index in [4.69, 9.17) is 47.6 Å². The highest BCUT2D eigenvalue weighted by atomic mass is 16.7. The molecule has 5 heterocycles. The maximum atomic E-state index is 14.5. The number of amidine groups is 1. The van der Waals surface area contributed by atoms with Gasteiger partial charge in [0.25, 0.3) is 6.02 Å². The number of aliphatic imine (C=N–C) groups is 1. The zero-order valence-corrected chi connectivity index (χ0v) is 36.9. The van der Waals surface area contributed by atoms with Crippen LogP contribution in [0, 0.1) is 11.8 Å². The van der Waals surface area contributed by atoms with Crippen molar-refractivity contribution >= 4 is 12.0 Å². The molecule has 1 aromatic rings. The van der Waals surface area contributed by atoms with Crippen LogP contribution in [0.2, 0.25) is 0 Å². The Kier molecular flexibility index (Phi) is 13.4. The number of methoxy groups -OCH3 is 2. The molecular weight excluding hydrogens is 744 g/mol. The maximum Gasteiger partial charge on any atom is 0.311 e. The summed E-state index contributed by atoms with van der Waals surface area (Å²) < 4.78 is 59.3. The van der Waals surface area contributed by atoms with E-state index in [-0.39, 0.29) is 18.6 Å². The summed E-state index contributed by atoms with van der Waals surface area (Å²) in [6.45, 7) is 20.0. The molecule has 15 atom stereocenters. The number of hydrogen-bond donors (Lipinski definition) is 1. The quantitative estimate of drug-likeness (QED) is 0.274. The van der Waals surface area contributed by atoms with Gasteiger partial charge in [-0.15, -0.1) is 0 Å². The fourth-order valence-electron chi connectivity index (χ4n) is 9.78. The number of carbonyl (C=O) groups excluding carboxylic acids is 1. The number of cyclic esters (lactones) is 1. The standard InChI is InChI=1S/C45H68N2O11/c1-14-33-43(8)21-25(2)35(58-43)26(3)22-45(10,51-13)39(28(5)36(29(6)40(49)54-33)55-34-23-44(9,50-12)38(48)30(7)53-34)57-41-37-32(20-27(4)52-41)47(11)42(56-37)46-24-31-18-16-15-17-19-31/h15-19,21,27-30,32-34,36-39,41,48H,14,20,22-24H2,1-13H3/b35-26-,46-42?/t27-,28+,29-,30+,32+,33-,34+,36+,37-,38+,39-,41+,43-,44-,45-/m1/s1. The fraction of sp³-hybridized carbons (Fsp3) is 0.733. The van der Waals surface area contributed by atoms with Gasteiger partial charge in [0, 0.05) is 40.0 Å². The third kappa shape index (κ3) is 8.73. The Morgan fingerprint density at radius 3 is 2.31 bits per heavy atom. The third-order valence-electron chi connectivity index (χ3n) is 13.3. The lowest BCUT2D eigenvalue weighted by Crippen LogP contribution is -2.60. The summed E-state index contributed by atoms with van der Waals surface area (Å²) in [6.07, 6.45) is -1.98. The Balaban J connectivity index is 1.41. The number of hydrogen-bond acceptors (Lipinski definition) is 12. The normalized spacial score (nSPS) is 44.3. The van der Waals surface area contributed by atoms with Gasteiger partial charge in [0.05, 0.1) is 54.1 Å². The highest BCUT2D eigenvalue weighted by Gasteiger charge is 2.55. The molecule has 13 nitrogen and oxygen atoms in total. The zero-order valence-electron chi connectivity index (χ0n) is 36.9. The number of fused-ring (bicyclic) bond motifs is 3. The van der Waals surface area contributed by atoms with Crippen molar-refractivity contribution in [2.45, 2.75) is 180 Å². The zero-order chi connectivity index (χ0) is 42.3. The molecule has 13 heteroatoms. The Bertz CT molecular complexity index is 1700. The van der Waals surface area contributed by atoms with E-state index >= 15 is 0 Å². The first-order chi connectivity index (χ1) is 27.4. The minimum absolute atomic E-state index is 0.0643. The van der Waals surface area contributed by atoms with Gasteiger partial charge in [-0.25, -0.2) is 4.99 Å². The molecule has 0 aliphatic carbocycles. The molecule has 1 N–H and O–H groups in total. The lowest BCUT2D eigenvalue weighted by atomic mass is 9.78. The molecule has 2 bridgehead atoms. The summed E-state index contributed by atoms with van der Waals surface area (Å²) in [5, 5.41) is 11.1. The Morgan fingerprint density at radius 1 is 0.966 bits per heavy atom. The highest BCUT2D eigenvalue weighted by molar-refractivity contribution is 5.76. The number of nitrogens with zero attached hydrogens (tertiary/aromatic N) is 2. The summed E-state index contributed by atoms with van der Waals surface area (Å²) in [7, 11) is 5.25. The second-order valence-corrected chi connectivity index (χ2v) is 17.9. The van der Waals surface area contributed by atoms with E-state index in [1.807, 2.05) is 92.8 Å². The number of aliphatic hydroxyl groups is 1. The van der Waals surface area contributed by atoms with Gasteiger partial charge in [0.2, 0.25) is 0 Å². The van der Waals surface area contributed by atoms with Crippen molar-refractivity contribution in [1.29, 1.82) is 0 Å². The van der Waals surface area contributed by atoms with Crippen molar-refractivity contribution in [3.63, 3.8) is 0 Å². The minimum atomic E-state index is -1.01. The topological polar surface area (TPSA) is 136 Å². The van der Waals surface area contributed by atoms with E-state index in [1.165, 1.54) is 0 Å². The van der Waals surface area contributed by atoms with Crippen LogP contribution in [0.1, 0.15) is 100 Å². The summed E-state index contributed by atoms with van der Waals surface area (Å²) in [6, 6.07) is 10.5. The van der Waals surface area contributed by atoms with E-state index in [0.29, 0.717) is 31.8 Å². The summed E-state index contributed by atoms with van der Waals surface area (Å²) in [4.78, 5) is 21.4. The van der Waals surface area contributed by atoms with Crippen LogP contribution >= 0.6 is 0 Å². The molecule has 0 unspecified atom stereocenters. The van der Waals surface area contributed by atoms with E-state index in [0.717, 1.165) is 22.5 Å². The minimum Gasteiger partial charge on any atom is -0.479 e. The van der Waals surface area contributed by atoms with Crippen LogP contribution in [0.25, 0.3) is 0 Å². The predicted octanol–water partition coefficient (Wildman–Crippen LogP) is 6.46. The first kappa shape index (κ1) is 44.5. The SMILES string of the molecule is CC[C@H]1OC(=O)[C@H](C)[C@@H](O[C@H]2C[C@@](C)(OC)[C@@H](O)[C@H](C)O2)[C@H](C)[C@@H](O[C@@H]2O[C@H](C)C[C@H]3[C@H]2OC(=NCc2ccccc2)N3C)[C@](C)(OC)C/C(C)=C2\O[C@]1(C)C=C2C. The number of carbonyl (C=O) groups is 1. The van der Waals surface area contributed by atoms with E-state index < -0.39 is 83.8 Å². The maximum absolute atomic E-state index is 14.5. The number of benzene rings is 1. The molecule has 0 aromatic heterocycles. The second kappa shape index (κ2) is 17.5.